The second-order valence-electron chi connectivity index (χ2n) is 7.03. The Morgan fingerprint density at radius 2 is 1.85 bits per heavy atom. The fraction of sp³-hybridized carbons (Fsp3) is 0.684. The molecule has 0 bridgehead atoms. The van der Waals surface area contributed by atoms with Crippen LogP contribution in [0.5, 0.6) is 0 Å². The fourth-order valence-corrected chi connectivity index (χ4v) is 4.20. The van der Waals surface area contributed by atoms with Gasteiger partial charge in [0, 0.05) is 12.1 Å². The Bertz CT molecular complexity index is 433. The van der Waals surface area contributed by atoms with Crippen LogP contribution in [0.1, 0.15) is 68.9 Å². The van der Waals surface area contributed by atoms with E-state index >= 15 is 0 Å². The summed E-state index contributed by atoms with van der Waals surface area (Å²) >= 11 is 0. The third-order valence-electron chi connectivity index (χ3n) is 5.60. The second-order valence-corrected chi connectivity index (χ2v) is 7.03. The van der Waals surface area contributed by atoms with E-state index in [1.165, 1.54) is 50.5 Å². The van der Waals surface area contributed by atoms with Gasteiger partial charge in [-0.3, -0.25) is 0 Å². The molecule has 0 heterocycles. The molecule has 1 aromatic rings. The number of rotatable bonds is 4. The summed E-state index contributed by atoms with van der Waals surface area (Å²) in [5.41, 5.74) is 3.06. The van der Waals surface area contributed by atoms with Gasteiger partial charge in [0.1, 0.15) is 0 Å². The van der Waals surface area contributed by atoms with Gasteiger partial charge in [-0.15, -0.1) is 0 Å². The molecule has 3 rings (SSSR count). The molecule has 20 heavy (non-hydrogen) atoms. The third-order valence-corrected chi connectivity index (χ3v) is 5.60. The first-order valence-corrected chi connectivity index (χ1v) is 8.57. The van der Waals surface area contributed by atoms with Crippen molar-refractivity contribution < 1.29 is 0 Å². The fourth-order valence-electron chi connectivity index (χ4n) is 4.20. The highest BCUT2D eigenvalue weighted by Gasteiger charge is 2.33. The Hall–Kier alpha value is -0.820. The van der Waals surface area contributed by atoms with Crippen LogP contribution in [0, 0.1) is 12.8 Å². The highest BCUT2D eigenvalue weighted by Crippen LogP contribution is 2.39. The molecule has 0 spiro atoms. The van der Waals surface area contributed by atoms with Crippen molar-refractivity contribution in [2.45, 2.75) is 76.8 Å². The molecule has 2 aliphatic carbocycles. The summed E-state index contributed by atoms with van der Waals surface area (Å²) in [4.78, 5) is 0. The van der Waals surface area contributed by atoms with Crippen LogP contribution in [0.3, 0.4) is 0 Å². The summed E-state index contributed by atoms with van der Waals surface area (Å²) in [5.74, 6) is 1.78. The zero-order valence-electron chi connectivity index (χ0n) is 13.1. The van der Waals surface area contributed by atoms with Gasteiger partial charge in [-0.25, -0.2) is 0 Å². The van der Waals surface area contributed by atoms with Crippen LogP contribution >= 0.6 is 0 Å². The predicted molar refractivity (Wildman–Crippen MR) is 86.1 cm³/mol. The molecular weight excluding hydrogens is 242 g/mol. The van der Waals surface area contributed by atoms with Crippen molar-refractivity contribution in [1.29, 1.82) is 0 Å². The van der Waals surface area contributed by atoms with Gasteiger partial charge < -0.3 is 5.32 Å². The Labute approximate surface area is 124 Å². The molecule has 2 fully saturated rings. The summed E-state index contributed by atoms with van der Waals surface area (Å²) < 4.78 is 0. The molecule has 2 unspecified atom stereocenters. The van der Waals surface area contributed by atoms with Crippen LogP contribution in [0.25, 0.3) is 0 Å². The average molecular weight is 271 g/mol. The Morgan fingerprint density at radius 3 is 2.60 bits per heavy atom. The molecule has 0 aliphatic heterocycles. The zero-order chi connectivity index (χ0) is 13.9. The van der Waals surface area contributed by atoms with E-state index in [0.29, 0.717) is 0 Å². The molecule has 110 valence electrons. The molecule has 0 amide bonds. The van der Waals surface area contributed by atoms with Crippen LogP contribution in [0.15, 0.2) is 24.3 Å². The Morgan fingerprint density at radius 1 is 1.05 bits per heavy atom. The van der Waals surface area contributed by atoms with Gasteiger partial charge in [-0.1, -0.05) is 50.5 Å². The van der Waals surface area contributed by atoms with E-state index in [4.69, 9.17) is 0 Å². The molecule has 2 saturated carbocycles. The first kappa shape index (κ1) is 14.1. The van der Waals surface area contributed by atoms with Crippen LogP contribution in [-0.2, 0) is 0 Å². The summed E-state index contributed by atoms with van der Waals surface area (Å²) in [6, 6.07) is 10.5. The number of benzene rings is 1. The lowest BCUT2D eigenvalue weighted by Gasteiger charge is -2.41. The lowest BCUT2D eigenvalue weighted by molar-refractivity contribution is 0.209. The van der Waals surface area contributed by atoms with E-state index in [1.807, 2.05) is 0 Å². The highest BCUT2D eigenvalue weighted by molar-refractivity contribution is 5.31. The maximum atomic E-state index is 3.94. The number of hydrogen-bond donors (Lipinski definition) is 1. The predicted octanol–water partition coefficient (Wildman–Crippen LogP) is 4.80. The smallest absolute Gasteiger partial charge is 0.00813 e. The Balaban J connectivity index is 1.48. The molecule has 2 atom stereocenters. The normalized spacial score (nSPS) is 33.7. The largest absolute Gasteiger partial charge is 0.311 e. The molecule has 1 N–H and O–H groups in total. The second kappa shape index (κ2) is 6.30. The third kappa shape index (κ3) is 3.09. The molecule has 1 aromatic carbocycles. The first-order chi connectivity index (χ1) is 9.76. The minimum absolute atomic E-state index is 0.778. The van der Waals surface area contributed by atoms with E-state index in [1.54, 1.807) is 5.56 Å². The molecule has 2 aliphatic rings. The zero-order valence-corrected chi connectivity index (χ0v) is 13.1. The van der Waals surface area contributed by atoms with Gasteiger partial charge in [0.05, 0.1) is 0 Å². The van der Waals surface area contributed by atoms with Crippen LogP contribution in [0.2, 0.25) is 0 Å². The minimum atomic E-state index is 0.778. The monoisotopic (exact) mass is 271 g/mol. The molecule has 0 radical (unpaired) electrons. The van der Waals surface area contributed by atoms with Gasteiger partial charge in [-0.2, -0.15) is 0 Å². The summed E-state index contributed by atoms with van der Waals surface area (Å²) in [6.07, 6.45) is 9.78. The van der Waals surface area contributed by atoms with Gasteiger partial charge in [0.25, 0.3) is 0 Å². The molecule has 0 aromatic heterocycles. The van der Waals surface area contributed by atoms with Gasteiger partial charge in [0.15, 0.2) is 0 Å². The molecule has 1 heteroatoms. The lowest BCUT2D eigenvalue weighted by Crippen LogP contribution is -2.47. The van der Waals surface area contributed by atoms with Gasteiger partial charge in [0.2, 0.25) is 0 Å². The van der Waals surface area contributed by atoms with Crippen LogP contribution < -0.4 is 5.32 Å². The van der Waals surface area contributed by atoms with Crippen molar-refractivity contribution in [3.05, 3.63) is 35.4 Å². The van der Waals surface area contributed by atoms with E-state index in [2.05, 4.69) is 43.4 Å². The van der Waals surface area contributed by atoms with Crippen LogP contribution in [-0.4, -0.2) is 12.1 Å². The molecular formula is C19H29N. The van der Waals surface area contributed by atoms with Gasteiger partial charge in [-0.05, 0) is 55.6 Å². The summed E-state index contributed by atoms with van der Waals surface area (Å²) in [6.45, 7) is 4.60. The van der Waals surface area contributed by atoms with Crippen molar-refractivity contribution in [3.63, 3.8) is 0 Å². The van der Waals surface area contributed by atoms with E-state index < -0.39 is 0 Å². The summed E-state index contributed by atoms with van der Waals surface area (Å²) in [7, 11) is 0. The molecule has 1 nitrogen and oxygen atoms in total. The van der Waals surface area contributed by atoms with Crippen molar-refractivity contribution in [1.82, 2.24) is 5.32 Å². The Kier molecular flexibility index (Phi) is 4.45. The standard InChI is InChI=1S/C19H29N/c1-3-15-8-6-9-17(11-15)20-18-12-16(13-18)19-10-5-4-7-14(19)2/h4-5,7,10,15-18,20H,3,6,8-9,11-13H2,1-2H3. The SMILES string of the molecule is CCC1CCCC(NC2CC(c3ccccc3C)C2)C1. The number of hydrogen-bond acceptors (Lipinski definition) is 1. The maximum absolute atomic E-state index is 3.94. The van der Waals surface area contributed by atoms with E-state index in [0.717, 1.165) is 23.9 Å². The van der Waals surface area contributed by atoms with Crippen molar-refractivity contribution >= 4 is 0 Å². The highest BCUT2D eigenvalue weighted by atomic mass is 15.0. The van der Waals surface area contributed by atoms with Gasteiger partial charge >= 0.3 is 0 Å². The summed E-state index contributed by atoms with van der Waals surface area (Å²) in [5, 5.41) is 3.94. The van der Waals surface area contributed by atoms with E-state index in [9.17, 15) is 0 Å². The minimum Gasteiger partial charge on any atom is -0.311 e. The number of aryl methyl sites for hydroxylation is 1. The van der Waals surface area contributed by atoms with E-state index in [-0.39, 0.29) is 0 Å². The number of nitrogens with one attached hydrogen (secondary N) is 1. The van der Waals surface area contributed by atoms with Crippen molar-refractivity contribution in [3.8, 4) is 0 Å². The topological polar surface area (TPSA) is 12.0 Å². The molecule has 0 saturated heterocycles. The lowest BCUT2D eigenvalue weighted by atomic mass is 9.73. The van der Waals surface area contributed by atoms with Crippen molar-refractivity contribution in [2.75, 3.05) is 0 Å². The maximum Gasteiger partial charge on any atom is 0.00813 e. The first-order valence-electron chi connectivity index (χ1n) is 8.57. The average Bonchev–Trinajstić information content (AvgIpc) is 2.44. The van der Waals surface area contributed by atoms with Crippen LogP contribution in [0.4, 0.5) is 0 Å². The van der Waals surface area contributed by atoms with Crippen molar-refractivity contribution in [2.24, 2.45) is 5.92 Å². The quantitative estimate of drug-likeness (QED) is 0.829.